The molecule has 4 nitrogen and oxygen atoms in total. The van der Waals surface area contributed by atoms with Crippen molar-refractivity contribution in [2.75, 3.05) is 13.1 Å². The van der Waals surface area contributed by atoms with E-state index in [9.17, 15) is 14.7 Å². The fourth-order valence-corrected chi connectivity index (χ4v) is 3.41. The minimum Gasteiger partial charge on any atom is -0.480 e. The lowest BCUT2D eigenvalue weighted by Gasteiger charge is -2.24. The fourth-order valence-electron chi connectivity index (χ4n) is 3.41. The summed E-state index contributed by atoms with van der Waals surface area (Å²) < 4.78 is 0. The number of carbonyl (C=O) groups excluding carboxylic acids is 1. The van der Waals surface area contributed by atoms with Crippen molar-refractivity contribution >= 4 is 12.3 Å². The van der Waals surface area contributed by atoms with E-state index < -0.39 is 12.0 Å². The average molecular weight is 309 g/mol. The molecule has 23 heavy (non-hydrogen) atoms. The van der Waals surface area contributed by atoms with Crippen LogP contribution in [0.2, 0.25) is 0 Å². The van der Waals surface area contributed by atoms with Crippen molar-refractivity contribution in [3.63, 3.8) is 0 Å². The van der Waals surface area contributed by atoms with Gasteiger partial charge in [0.1, 0.15) is 12.3 Å². The molecule has 1 saturated heterocycles. The number of hydrogen-bond donors (Lipinski definition) is 1. The largest absolute Gasteiger partial charge is 0.480 e. The number of carbonyl (C=O) groups is 2. The van der Waals surface area contributed by atoms with Crippen LogP contribution in [0.25, 0.3) is 0 Å². The van der Waals surface area contributed by atoms with E-state index in [1.54, 1.807) is 0 Å². The molecule has 118 valence electrons. The van der Waals surface area contributed by atoms with Gasteiger partial charge in [-0.2, -0.15) is 0 Å². The first-order chi connectivity index (χ1) is 11.2. The zero-order valence-corrected chi connectivity index (χ0v) is 12.7. The molecule has 1 aliphatic heterocycles. The van der Waals surface area contributed by atoms with Crippen molar-refractivity contribution < 1.29 is 14.7 Å². The smallest absolute Gasteiger partial charge is 0.325 e. The molecule has 0 radical (unpaired) electrons. The highest BCUT2D eigenvalue weighted by Gasteiger charge is 2.39. The molecule has 0 bridgehead atoms. The number of aldehydes is 1. The molecule has 1 N–H and O–H groups in total. The van der Waals surface area contributed by atoms with Gasteiger partial charge >= 0.3 is 5.97 Å². The van der Waals surface area contributed by atoms with E-state index in [0.29, 0.717) is 13.1 Å². The van der Waals surface area contributed by atoms with Crippen LogP contribution in [0, 0.1) is 5.92 Å². The fraction of sp³-hybridized carbons (Fsp3) is 0.263. The lowest BCUT2D eigenvalue weighted by Crippen LogP contribution is -2.32. The third-order valence-corrected chi connectivity index (χ3v) is 4.51. The second-order valence-electron chi connectivity index (χ2n) is 5.92. The Labute approximate surface area is 135 Å². The molecule has 0 aromatic heterocycles. The molecule has 0 spiro atoms. The van der Waals surface area contributed by atoms with Gasteiger partial charge in [0.05, 0.1) is 0 Å². The van der Waals surface area contributed by atoms with Gasteiger partial charge in [0.2, 0.25) is 0 Å². The van der Waals surface area contributed by atoms with Crippen LogP contribution < -0.4 is 0 Å². The zero-order valence-electron chi connectivity index (χ0n) is 12.7. The molecule has 1 heterocycles. The number of rotatable bonds is 5. The molecule has 3 atom stereocenters. The standard InChI is InChI=1S/C19H19NO3/c21-13-16-11-20(12-17(16)14-7-3-1-4-8-14)18(19(22)23)15-9-5-2-6-10-15/h1-10,13,16-18H,11-12H2,(H,22,23). The number of hydrogen-bond acceptors (Lipinski definition) is 3. The second-order valence-corrected chi connectivity index (χ2v) is 5.92. The average Bonchev–Trinajstić information content (AvgIpc) is 3.00. The van der Waals surface area contributed by atoms with Crippen LogP contribution in [-0.2, 0) is 9.59 Å². The maximum absolute atomic E-state index is 11.8. The molecule has 0 amide bonds. The Bertz CT molecular complexity index is 672. The van der Waals surface area contributed by atoms with E-state index in [0.717, 1.165) is 17.4 Å². The summed E-state index contributed by atoms with van der Waals surface area (Å²) in [6, 6.07) is 18.3. The van der Waals surface area contributed by atoms with Crippen LogP contribution in [-0.4, -0.2) is 35.4 Å². The minimum atomic E-state index is -0.880. The Balaban J connectivity index is 1.88. The van der Waals surface area contributed by atoms with Crippen molar-refractivity contribution in [3.05, 3.63) is 71.8 Å². The monoisotopic (exact) mass is 309 g/mol. The van der Waals surface area contributed by atoms with Gasteiger partial charge in [0, 0.05) is 24.9 Å². The number of nitrogens with zero attached hydrogens (tertiary/aromatic N) is 1. The summed E-state index contributed by atoms with van der Waals surface area (Å²) in [6.07, 6.45) is 0.960. The summed E-state index contributed by atoms with van der Waals surface area (Å²) in [7, 11) is 0. The van der Waals surface area contributed by atoms with Crippen LogP contribution in [0.3, 0.4) is 0 Å². The Morgan fingerprint density at radius 2 is 1.65 bits per heavy atom. The summed E-state index contributed by atoms with van der Waals surface area (Å²) in [5.74, 6) is -1.02. The Morgan fingerprint density at radius 3 is 2.22 bits per heavy atom. The van der Waals surface area contributed by atoms with Crippen molar-refractivity contribution in [3.8, 4) is 0 Å². The molecule has 2 aromatic carbocycles. The first-order valence-corrected chi connectivity index (χ1v) is 7.72. The molecule has 2 aromatic rings. The quantitative estimate of drug-likeness (QED) is 0.863. The van der Waals surface area contributed by atoms with Crippen LogP contribution in [0.15, 0.2) is 60.7 Å². The molecule has 3 unspecified atom stereocenters. The zero-order chi connectivity index (χ0) is 16.2. The molecular formula is C19H19NO3. The number of carboxylic acid groups (broad SMARTS) is 1. The van der Waals surface area contributed by atoms with Gasteiger partial charge in [0.15, 0.2) is 0 Å². The lowest BCUT2D eigenvalue weighted by atomic mass is 9.90. The molecule has 1 aliphatic rings. The Hall–Kier alpha value is -2.46. The molecule has 3 rings (SSSR count). The summed E-state index contributed by atoms with van der Waals surface area (Å²) in [6.45, 7) is 1.04. The van der Waals surface area contributed by atoms with Gasteiger partial charge < -0.3 is 9.90 Å². The van der Waals surface area contributed by atoms with E-state index >= 15 is 0 Å². The Kier molecular flexibility index (Phi) is 4.53. The maximum Gasteiger partial charge on any atom is 0.325 e. The highest BCUT2D eigenvalue weighted by atomic mass is 16.4. The normalized spacial score (nSPS) is 22.6. The number of benzene rings is 2. The van der Waals surface area contributed by atoms with Crippen molar-refractivity contribution in [1.29, 1.82) is 0 Å². The summed E-state index contributed by atoms with van der Waals surface area (Å²) >= 11 is 0. The van der Waals surface area contributed by atoms with Gasteiger partial charge in [-0.3, -0.25) is 9.69 Å². The van der Waals surface area contributed by atoms with E-state index in [4.69, 9.17) is 0 Å². The van der Waals surface area contributed by atoms with Crippen LogP contribution in [0.1, 0.15) is 23.1 Å². The second kappa shape index (κ2) is 6.75. The molecular weight excluding hydrogens is 290 g/mol. The van der Waals surface area contributed by atoms with E-state index in [1.165, 1.54) is 0 Å². The van der Waals surface area contributed by atoms with Crippen LogP contribution in [0.4, 0.5) is 0 Å². The number of likely N-dealkylation sites (tertiary alicyclic amines) is 1. The van der Waals surface area contributed by atoms with Gasteiger partial charge in [-0.05, 0) is 11.1 Å². The molecule has 0 aliphatic carbocycles. The van der Waals surface area contributed by atoms with Crippen molar-refractivity contribution in [2.24, 2.45) is 5.92 Å². The topological polar surface area (TPSA) is 57.6 Å². The van der Waals surface area contributed by atoms with Crippen LogP contribution >= 0.6 is 0 Å². The van der Waals surface area contributed by atoms with Gasteiger partial charge in [-0.15, -0.1) is 0 Å². The highest BCUT2D eigenvalue weighted by Crippen LogP contribution is 2.36. The summed E-state index contributed by atoms with van der Waals surface area (Å²) in [4.78, 5) is 25.2. The van der Waals surface area contributed by atoms with Gasteiger partial charge in [-0.1, -0.05) is 60.7 Å². The van der Waals surface area contributed by atoms with Crippen molar-refractivity contribution in [2.45, 2.75) is 12.0 Å². The van der Waals surface area contributed by atoms with E-state index in [1.807, 2.05) is 65.6 Å². The molecule has 4 heteroatoms. The van der Waals surface area contributed by atoms with Gasteiger partial charge in [-0.25, -0.2) is 0 Å². The predicted molar refractivity (Wildman–Crippen MR) is 87.1 cm³/mol. The molecule has 1 fully saturated rings. The first-order valence-electron chi connectivity index (χ1n) is 7.72. The van der Waals surface area contributed by atoms with E-state index in [-0.39, 0.29) is 11.8 Å². The summed E-state index contributed by atoms with van der Waals surface area (Å²) in [5, 5.41) is 9.67. The minimum absolute atomic E-state index is 0.0410. The highest BCUT2D eigenvalue weighted by molar-refractivity contribution is 5.76. The number of carboxylic acids is 1. The number of aliphatic carboxylic acids is 1. The van der Waals surface area contributed by atoms with Crippen LogP contribution in [0.5, 0.6) is 0 Å². The lowest BCUT2D eigenvalue weighted by molar-refractivity contribution is -0.143. The predicted octanol–water partition coefficient (Wildman–Crippen LogP) is 2.73. The summed E-state index contributed by atoms with van der Waals surface area (Å²) in [5.41, 5.74) is 1.84. The van der Waals surface area contributed by atoms with Gasteiger partial charge in [0.25, 0.3) is 0 Å². The van der Waals surface area contributed by atoms with Crippen molar-refractivity contribution in [1.82, 2.24) is 4.90 Å². The molecule has 0 saturated carbocycles. The SMILES string of the molecule is O=CC1CN(C(C(=O)O)c2ccccc2)CC1c1ccccc1. The Morgan fingerprint density at radius 1 is 1.04 bits per heavy atom. The van der Waals surface area contributed by atoms with E-state index in [2.05, 4.69) is 0 Å². The maximum atomic E-state index is 11.8. The third-order valence-electron chi connectivity index (χ3n) is 4.51. The first kappa shape index (κ1) is 15.4. The third kappa shape index (κ3) is 3.17.